The molecular formula is C12H13F3N2O3S. The lowest BCUT2D eigenvalue weighted by Crippen LogP contribution is -2.43. The molecule has 1 saturated heterocycles. The summed E-state index contributed by atoms with van der Waals surface area (Å²) in [5.74, 6) is -0.761. The molecule has 0 unspecified atom stereocenters. The van der Waals surface area contributed by atoms with Gasteiger partial charge in [0.15, 0.2) is 0 Å². The maximum atomic E-state index is 12.5. The number of hydrogen-bond acceptors (Lipinski definition) is 3. The van der Waals surface area contributed by atoms with Gasteiger partial charge in [-0.2, -0.15) is 17.5 Å². The molecule has 2 N–H and O–H groups in total. The highest BCUT2D eigenvalue weighted by molar-refractivity contribution is 7.89. The number of primary amides is 1. The highest BCUT2D eigenvalue weighted by Gasteiger charge is 2.39. The molecule has 1 atom stereocenters. The highest BCUT2D eigenvalue weighted by Crippen LogP contribution is 2.31. The largest absolute Gasteiger partial charge is 0.416 e. The Morgan fingerprint density at radius 1 is 1.24 bits per heavy atom. The van der Waals surface area contributed by atoms with Crippen LogP contribution in [0.25, 0.3) is 0 Å². The van der Waals surface area contributed by atoms with Crippen LogP contribution in [0.4, 0.5) is 13.2 Å². The summed E-state index contributed by atoms with van der Waals surface area (Å²) in [5, 5.41) is 0. The molecule has 5 nitrogen and oxygen atoms in total. The van der Waals surface area contributed by atoms with Gasteiger partial charge in [-0.1, -0.05) is 0 Å². The molecule has 1 aliphatic rings. The van der Waals surface area contributed by atoms with Crippen LogP contribution >= 0.6 is 0 Å². The molecule has 1 aliphatic heterocycles. The number of carbonyl (C=O) groups is 1. The van der Waals surface area contributed by atoms with Gasteiger partial charge in [-0.3, -0.25) is 4.79 Å². The third-order valence-electron chi connectivity index (χ3n) is 3.32. The van der Waals surface area contributed by atoms with E-state index in [2.05, 4.69) is 0 Å². The fraction of sp³-hybridized carbons (Fsp3) is 0.417. The summed E-state index contributed by atoms with van der Waals surface area (Å²) >= 11 is 0. The van der Waals surface area contributed by atoms with Crippen LogP contribution in [0.2, 0.25) is 0 Å². The fourth-order valence-corrected chi connectivity index (χ4v) is 3.93. The second-order valence-electron chi connectivity index (χ2n) is 4.70. The van der Waals surface area contributed by atoms with Crippen molar-refractivity contribution in [2.24, 2.45) is 5.73 Å². The minimum Gasteiger partial charge on any atom is -0.368 e. The summed E-state index contributed by atoms with van der Waals surface area (Å²) in [6.07, 6.45) is -3.74. The fourth-order valence-electron chi connectivity index (χ4n) is 2.26. The van der Waals surface area contributed by atoms with Gasteiger partial charge in [0.2, 0.25) is 15.9 Å². The number of sulfonamides is 1. The lowest BCUT2D eigenvalue weighted by Gasteiger charge is -2.21. The molecule has 116 valence electrons. The molecule has 1 fully saturated rings. The summed E-state index contributed by atoms with van der Waals surface area (Å²) < 4.78 is 63.0. The van der Waals surface area contributed by atoms with Crippen molar-refractivity contribution in [1.82, 2.24) is 4.31 Å². The Bertz CT molecular complexity index is 641. The number of benzene rings is 1. The molecule has 0 aromatic heterocycles. The molecule has 21 heavy (non-hydrogen) atoms. The second-order valence-corrected chi connectivity index (χ2v) is 6.59. The number of nitrogens with zero attached hydrogens (tertiary/aromatic N) is 1. The molecule has 0 spiro atoms. The predicted octanol–water partition coefficient (Wildman–Crippen LogP) is 1.34. The Balaban J connectivity index is 2.34. The van der Waals surface area contributed by atoms with E-state index in [4.69, 9.17) is 5.73 Å². The molecule has 0 aliphatic carbocycles. The van der Waals surface area contributed by atoms with E-state index in [-0.39, 0.29) is 11.4 Å². The second kappa shape index (κ2) is 5.30. The summed E-state index contributed by atoms with van der Waals surface area (Å²) in [7, 11) is -4.03. The van der Waals surface area contributed by atoms with Gasteiger partial charge in [-0.25, -0.2) is 8.42 Å². The van der Waals surface area contributed by atoms with Crippen molar-refractivity contribution in [2.45, 2.75) is 30.0 Å². The molecule has 1 heterocycles. The minimum absolute atomic E-state index is 0.122. The quantitative estimate of drug-likeness (QED) is 0.912. The number of amides is 1. The van der Waals surface area contributed by atoms with E-state index in [9.17, 15) is 26.4 Å². The number of hydrogen-bond donors (Lipinski definition) is 1. The maximum Gasteiger partial charge on any atom is 0.416 e. The molecule has 0 radical (unpaired) electrons. The number of halogens is 3. The highest BCUT2D eigenvalue weighted by atomic mass is 32.2. The minimum atomic E-state index is -4.54. The zero-order valence-electron chi connectivity index (χ0n) is 10.8. The van der Waals surface area contributed by atoms with E-state index < -0.39 is 33.7 Å². The first-order valence-corrected chi connectivity index (χ1v) is 7.56. The van der Waals surface area contributed by atoms with Crippen LogP contribution in [0.3, 0.4) is 0 Å². The lowest BCUT2D eigenvalue weighted by molar-refractivity contribution is -0.137. The standard InChI is InChI=1S/C12H13F3N2O3S/c13-12(14,15)8-3-5-9(6-4-8)21(19,20)17-7-1-2-10(17)11(16)18/h3-6,10H,1-2,7H2,(H2,16,18)/t10-/m0/s1. The van der Waals surface area contributed by atoms with Gasteiger partial charge >= 0.3 is 6.18 Å². The summed E-state index contributed by atoms with van der Waals surface area (Å²) in [5.41, 5.74) is 4.21. The molecule has 0 saturated carbocycles. The van der Waals surface area contributed by atoms with Crippen molar-refractivity contribution in [2.75, 3.05) is 6.54 Å². The van der Waals surface area contributed by atoms with E-state index in [1.54, 1.807) is 0 Å². The third kappa shape index (κ3) is 3.03. The zero-order valence-corrected chi connectivity index (χ0v) is 11.6. The number of nitrogens with two attached hydrogens (primary N) is 1. The molecule has 1 aromatic carbocycles. The van der Waals surface area contributed by atoms with E-state index in [1.165, 1.54) is 0 Å². The molecule has 1 amide bonds. The molecule has 2 rings (SSSR count). The molecule has 0 bridgehead atoms. The monoisotopic (exact) mass is 322 g/mol. The van der Waals surface area contributed by atoms with Crippen molar-refractivity contribution < 1.29 is 26.4 Å². The number of rotatable bonds is 3. The number of carbonyl (C=O) groups excluding carboxylic acids is 1. The first-order valence-electron chi connectivity index (χ1n) is 6.12. The van der Waals surface area contributed by atoms with E-state index in [0.29, 0.717) is 25.0 Å². The van der Waals surface area contributed by atoms with Crippen LogP contribution in [-0.4, -0.2) is 31.2 Å². The Morgan fingerprint density at radius 3 is 2.29 bits per heavy atom. The number of alkyl halides is 3. The van der Waals surface area contributed by atoms with Gasteiger partial charge in [-0.05, 0) is 37.1 Å². The van der Waals surface area contributed by atoms with Crippen molar-refractivity contribution >= 4 is 15.9 Å². The first kappa shape index (κ1) is 15.8. The smallest absolute Gasteiger partial charge is 0.368 e. The van der Waals surface area contributed by atoms with Crippen molar-refractivity contribution in [3.63, 3.8) is 0 Å². The lowest BCUT2D eigenvalue weighted by atomic mass is 10.2. The maximum absolute atomic E-state index is 12.5. The normalized spacial score (nSPS) is 20.6. The third-order valence-corrected chi connectivity index (χ3v) is 5.24. The SMILES string of the molecule is NC(=O)[C@@H]1CCCN1S(=O)(=O)c1ccc(C(F)(F)F)cc1. The van der Waals surface area contributed by atoms with Gasteiger partial charge in [0, 0.05) is 6.54 Å². The molecule has 1 aromatic rings. The van der Waals surface area contributed by atoms with Crippen LogP contribution in [0.5, 0.6) is 0 Å². The van der Waals surface area contributed by atoms with Gasteiger partial charge in [0.05, 0.1) is 10.5 Å². The van der Waals surface area contributed by atoms with Gasteiger partial charge in [0.1, 0.15) is 6.04 Å². The average Bonchev–Trinajstić information content (AvgIpc) is 2.88. The van der Waals surface area contributed by atoms with Crippen LogP contribution in [0.1, 0.15) is 18.4 Å². The Labute approximate surface area is 119 Å². The predicted molar refractivity (Wildman–Crippen MR) is 67.6 cm³/mol. The molecular weight excluding hydrogens is 309 g/mol. The van der Waals surface area contributed by atoms with Crippen molar-refractivity contribution in [3.8, 4) is 0 Å². The van der Waals surface area contributed by atoms with Crippen LogP contribution in [0, 0.1) is 0 Å². The topological polar surface area (TPSA) is 80.5 Å². The van der Waals surface area contributed by atoms with Crippen LogP contribution in [0.15, 0.2) is 29.2 Å². The summed E-state index contributed by atoms with van der Waals surface area (Å²) in [6, 6.07) is 2.21. The van der Waals surface area contributed by atoms with Crippen molar-refractivity contribution in [1.29, 1.82) is 0 Å². The van der Waals surface area contributed by atoms with E-state index in [0.717, 1.165) is 16.4 Å². The summed E-state index contributed by atoms with van der Waals surface area (Å²) in [6.45, 7) is 0.122. The first-order chi connectivity index (χ1) is 9.64. The van der Waals surface area contributed by atoms with Gasteiger partial charge in [0.25, 0.3) is 0 Å². The van der Waals surface area contributed by atoms with Gasteiger partial charge in [-0.15, -0.1) is 0 Å². The van der Waals surface area contributed by atoms with Crippen LogP contribution < -0.4 is 5.73 Å². The van der Waals surface area contributed by atoms with E-state index >= 15 is 0 Å². The Morgan fingerprint density at radius 2 is 1.81 bits per heavy atom. The Hall–Kier alpha value is -1.61. The molecule has 9 heteroatoms. The average molecular weight is 322 g/mol. The Kier molecular flexibility index (Phi) is 3.98. The van der Waals surface area contributed by atoms with Gasteiger partial charge < -0.3 is 5.73 Å². The zero-order chi connectivity index (χ0) is 15.8. The van der Waals surface area contributed by atoms with E-state index in [1.807, 2.05) is 0 Å². The van der Waals surface area contributed by atoms with Crippen LogP contribution in [-0.2, 0) is 21.0 Å². The van der Waals surface area contributed by atoms with Crippen molar-refractivity contribution in [3.05, 3.63) is 29.8 Å². The summed E-state index contributed by atoms with van der Waals surface area (Å²) in [4.78, 5) is 11.0.